The third kappa shape index (κ3) is 3.24. The number of benzene rings is 2. The molecule has 0 aliphatic heterocycles. The lowest BCUT2D eigenvalue weighted by molar-refractivity contribution is 0.620. The molecule has 0 aliphatic rings. The van der Waals surface area contributed by atoms with Gasteiger partial charge in [-0.3, -0.25) is 9.78 Å². The van der Waals surface area contributed by atoms with E-state index in [1.165, 1.54) is 16.8 Å². The van der Waals surface area contributed by atoms with Gasteiger partial charge in [0.1, 0.15) is 5.82 Å². The van der Waals surface area contributed by atoms with E-state index >= 15 is 0 Å². The van der Waals surface area contributed by atoms with Crippen LogP contribution < -0.4 is 5.56 Å². The van der Waals surface area contributed by atoms with E-state index in [-0.39, 0.29) is 11.4 Å². The van der Waals surface area contributed by atoms with Crippen molar-refractivity contribution >= 4 is 10.8 Å². The predicted molar refractivity (Wildman–Crippen MR) is 98.5 cm³/mol. The molecule has 4 aromatic rings. The van der Waals surface area contributed by atoms with Crippen molar-refractivity contribution in [2.45, 2.75) is 13.0 Å². The summed E-state index contributed by atoms with van der Waals surface area (Å²) in [6.45, 7) is 0.306. The Balaban J connectivity index is 1.81. The van der Waals surface area contributed by atoms with Crippen LogP contribution in [0.2, 0.25) is 0 Å². The van der Waals surface area contributed by atoms with Gasteiger partial charge in [0.2, 0.25) is 0 Å². The highest BCUT2D eigenvalue weighted by Crippen LogP contribution is 2.17. The third-order valence-electron chi connectivity index (χ3n) is 4.27. The van der Waals surface area contributed by atoms with E-state index in [0.717, 1.165) is 22.3 Å². The summed E-state index contributed by atoms with van der Waals surface area (Å²) in [5, 5.41) is 6.02. The van der Waals surface area contributed by atoms with Gasteiger partial charge in [-0.05, 0) is 35.9 Å². The standard InChI is InChI=1S/C21H16FN3O/c22-16-10-8-15(9-11-16)13-20-18-6-1-2-7-19(18)21(26)25(24-20)14-17-5-3-4-12-23-17/h1-12H,13-14H2. The molecule has 0 saturated heterocycles. The molecule has 0 atom stereocenters. The van der Waals surface area contributed by atoms with Crippen LogP contribution in [0.15, 0.2) is 77.7 Å². The summed E-state index contributed by atoms with van der Waals surface area (Å²) in [5.41, 5.74) is 2.34. The monoisotopic (exact) mass is 345 g/mol. The number of hydrogen-bond acceptors (Lipinski definition) is 3. The summed E-state index contributed by atoms with van der Waals surface area (Å²) in [6, 6.07) is 19.4. The lowest BCUT2D eigenvalue weighted by Gasteiger charge is -2.11. The van der Waals surface area contributed by atoms with E-state index in [1.807, 2.05) is 42.5 Å². The number of nitrogens with zero attached hydrogens (tertiary/aromatic N) is 3. The van der Waals surface area contributed by atoms with Crippen molar-refractivity contribution in [3.05, 3.63) is 106 Å². The zero-order valence-corrected chi connectivity index (χ0v) is 14.0. The fourth-order valence-electron chi connectivity index (χ4n) is 2.98. The molecule has 5 heteroatoms. The first-order chi connectivity index (χ1) is 12.7. The van der Waals surface area contributed by atoms with Crippen molar-refractivity contribution < 1.29 is 4.39 Å². The van der Waals surface area contributed by atoms with Gasteiger partial charge in [-0.2, -0.15) is 5.10 Å². The third-order valence-corrected chi connectivity index (χ3v) is 4.27. The Morgan fingerprint density at radius 3 is 2.35 bits per heavy atom. The molecule has 4 nitrogen and oxygen atoms in total. The van der Waals surface area contributed by atoms with Gasteiger partial charge in [-0.25, -0.2) is 9.07 Å². The zero-order valence-electron chi connectivity index (χ0n) is 14.0. The van der Waals surface area contributed by atoms with E-state index in [9.17, 15) is 9.18 Å². The Morgan fingerprint density at radius 1 is 0.885 bits per heavy atom. The summed E-state index contributed by atoms with van der Waals surface area (Å²) in [6.07, 6.45) is 2.21. The first-order valence-corrected chi connectivity index (χ1v) is 8.34. The number of aromatic nitrogens is 3. The van der Waals surface area contributed by atoms with Crippen LogP contribution in [-0.2, 0) is 13.0 Å². The number of halogens is 1. The molecule has 0 unspecified atom stereocenters. The van der Waals surface area contributed by atoms with Crippen molar-refractivity contribution in [3.63, 3.8) is 0 Å². The summed E-state index contributed by atoms with van der Waals surface area (Å²) in [5.74, 6) is -0.272. The minimum absolute atomic E-state index is 0.144. The maximum Gasteiger partial charge on any atom is 0.275 e. The second-order valence-electron chi connectivity index (χ2n) is 6.08. The van der Waals surface area contributed by atoms with Gasteiger partial charge in [-0.1, -0.05) is 36.4 Å². The highest BCUT2D eigenvalue weighted by molar-refractivity contribution is 5.83. The molecule has 0 spiro atoms. The van der Waals surface area contributed by atoms with Crippen LogP contribution in [-0.4, -0.2) is 14.8 Å². The Labute approximate surface area is 149 Å². The highest BCUT2D eigenvalue weighted by atomic mass is 19.1. The molecule has 26 heavy (non-hydrogen) atoms. The van der Waals surface area contributed by atoms with Gasteiger partial charge >= 0.3 is 0 Å². The predicted octanol–water partition coefficient (Wildman–Crippen LogP) is 3.57. The van der Waals surface area contributed by atoms with Crippen molar-refractivity contribution in [1.29, 1.82) is 0 Å². The molecule has 0 N–H and O–H groups in total. The first kappa shape index (κ1) is 16.1. The van der Waals surface area contributed by atoms with Crippen LogP contribution >= 0.6 is 0 Å². The SMILES string of the molecule is O=c1c2ccccc2c(Cc2ccc(F)cc2)nn1Cc1ccccn1. The lowest BCUT2D eigenvalue weighted by Crippen LogP contribution is -2.25. The van der Waals surface area contributed by atoms with Crippen molar-refractivity contribution in [2.24, 2.45) is 0 Å². The maximum atomic E-state index is 13.2. The largest absolute Gasteiger partial charge is 0.275 e. The van der Waals surface area contributed by atoms with Crippen molar-refractivity contribution in [3.8, 4) is 0 Å². The van der Waals surface area contributed by atoms with Gasteiger partial charge in [0.05, 0.1) is 23.3 Å². The van der Waals surface area contributed by atoms with E-state index in [2.05, 4.69) is 10.1 Å². The maximum absolute atomic E-state index is 13.2. The molecule has 2 aromatic heterocycles. The van der Waals surface area contributed by atoms with Gasteiger partial charge in [-0.15, -0.1) is 0 Å². The number of fused-ring (bicyclic) bond motifs is 1. The average Bonchev–Trinajstić information content (AvgIpc) is 2.68. The van der Waals surface area contributed by atoms with E-state index < -0.39 is 0 Å². The van der Waals surface area contributed by atoms with E-state index in [0.29, 0.717) is 18.4 Å². The molecular weight excluding hydrogens is 329 g/mol. The summed E-state index contributed by atoms with van der Waals surface area (Å²) in [4.78, 5) is 17.1. The van der Waals surface area contributed by atoms with Gasteiger partial charge < -0.3 is 0 Å². The fourth-order valence-corrected chi connectivity index (χ4v) is 2.98. The quantitative estimate of drug-likeness (QED) is 0.568. The Bertz CT molecular complexity index is 1110. The molecule has 0 saturated carbocycles. The molecule has 0 aliphatic carbocycles. The van der Waals surface area contributed by atoms with Gasteiger partial charge in [0.25, 0.3) is 5.56 Å². The van der Waals surface area contributed by atoms with Crippen LogP contribution in [0.25, 0.3) is 10.8 Å². The minimum Gasteiger partial charge on any atom is -0.267 e. The molecule has 2 heterocycles. The molecule has 0 fully saturated rings. The topological polar surface area (TPSA) is 47.8 Å². The van der Waals surface area contributed by atoms with Crippen molar-refractivity contribution in [1.82, 2.24) is 14.8 Å². The summed E-state index contributed by atoms with van der Waals surface area (Å²) >= 11 is 0. The molecule has 0 radical (unpaired) electrons. The molecule has 4 rings (SSSR count). The second-order valence-corrected chi connectivity index (χ2v) is 6.08. The number of hydrogen-bond donors (Lipinski definition) is 0. The van der Waals surface area contributed by atoms with Gasteiger partial charge in [0, 0.05) is 18.0 Å². The molecule has 0 bridgehead atoms. The smallest absolute Gasteiger partial charge is 0.267 e. The first-order valence-electron chi connectivity index (χ1n) is 8.34. The van der Waals surface area contributed by atoms with Gasteiger partial charge in [0.15, 0.2) is 0 Å². The average molecular weight is 345 g/mol. The molecule has 2 aromatic carbocycles. The van der Waals surface area contributed by atoms with Crippen LogP contribution in [0.5, 0.6) is 0 Å². The van der Waals surface area contributed by atoms with E-state index in [1.54, 1.807) is 18.3 Å². The lowest BCUT2D eigenvalue weighted by atomic mass is 10.0. The molecule has 0 amide bonds. The summed E-state index contributed by atoms with van der Waals surface area (Å²) in [7, 11) is 0. The second kappa shape index (κ2) is 6.88. The van der Waals surface area contributed by atoms with E-state index in [4.69, 9.17) is 0 Å². The Kier molecular flexibility index (Phi) is 4.27. The van der Waals surface area contributed by atoms with Crippen LogP contribution in [0.1, 0.15) is 17.0 Å². The normalized spacial score (nSPS) is 11.0. The Morgan fingerprint density at radius 2 is 1.62 bits per heavy atom. The number of pyridine rings is 1. The fraction of sp³-hybridized carbons (Fsp3) is 0.0952. The van der Waals surface area contributed by atoms with Crippen LogP contribution in [0.4, 0.5) is 4.39 Å². The Hall–Kier alpha value is -3.34. The minimum atomic E-state index is -0.272. The van der Waals surface area contributed by atoms with Crippen LogP contribution in [0, 0.1) is 5.82 Å². The van der Waals surface area contributed by atoms with Crippen molar-refractivity contribution in [2.75, 3.05) is 0 Å². The zero-order chi connectivity index (χ0) is 17.9. The molecular formula is C21H16FN3O. The number of rotatable bonds is 4. The summed E-state index contributed by atoms with van der Waals surface area (Å²) < 4.78 is 14.6. The van der Waals surface area contributed by atoms with Crippen LogP contribution in [0.3, 0.4) is 0 Å². The molecule has 128 valence electrons. The highest BCUT2D eigenvalue weighted by Gasteiger charge is 2.11.